The van der Waals surface area contributed by atoms with Crippen molar-refractivity contribution in [3.8, 4) is 0 Å². The number of carbonyl (C=O) groups excluding carboxylic acids is 1. The Balaban J connectivity index is 4.02. The lowest BCUT2D eigenvalue weighted by Gasteiger charge is -2.25. The standard InChI is InChI=1S/C72H143N2O6P/c1-6-8-10-12-14-16-18-20-22-24-26-28-30-32-34-36-37-38-40-42-44-46-48-50-52-54-56-58-60-62-64-66-72(76)73-70(69-80-81(77,78)79-68-67-74(3,4)5)71(75)65-63-61-59-57-55-53-51-49-47-45-43-41-39-35-33-31-29-27-25-23-21-19-17-15-13-11-9-7-2/h24,26,63,65,70-71,75H,6-23,25,27-62,64,66-69H2,1-5H3,(H-,73,76,77,78)/p+1/b26-24-,65-63+. The number of aliphatic hydroxyl groups is 1. The van der Waals surface area contributed by atoms with Gasteiger partial charge in [-0.3, -0.25) is 13.8 Å². The normalized spacial score (nSPS) is 13.7. The summed E-state index contributed by atoms with van der Waals surface area (Å²) >= 11 is 0. The van der Waals surface area contributed by atoms with Gasteiger partial charge >= 0.3 is 7.82 Å². The number of carbonyl (C=O) groups is 1. The minimum atomic E-state index is -4.35. The Bertz CT molecular complexity index is 1370. The molecule has 0 aromatic rings. The Kier molecular flexibility index (Phi) is 62.7. The van der Waals surface area contributed by atoms with Crippen molar-refractivity contribution < 1.29 is 32.9 Å². The number of amides is 1. The molecule has 0 saturated heterocycles. The minimum absolute atomic E-state index is 0.0645. The molecule has 0 fully saturated rings. The first-order valence-corrected chi connectivity index (χ1v) is 37.7. The second-order valence-electron chi connectivity index (χ2n) is 26.3. The number of hydrogen-bond donors (Lipinski definition) is 3. The summed E-state index contributed by atoms with van der Waals surface area (Å²) in [6.07, 6.45) is 83.4. The van der Waals surface area contributed by atoms with Gasteiger partial charge in [-0.25, -0.2) is 4.57 Å². The SMILES string of the molecule is CCCCCCCCCC/C=C\CCCCCCCCCCCCCCCCCCCCCC(=O)NC(COP(=O)(O)OCC[N+](C)(C)C)C(O)/C=C/CCCCCCCCCCCCCCCCCCCCCCCCCCCC. The van der Waals surface area contributed by atoms with Crippen LogP contribution >= 0.6 is 7.82 Å². The lowest BCUT2D eigenvalue weighted by atomic mass is 10.0. The van der Waals surface area contributed by atoms with Gasteiger partial charge < -0.3 is 19.8 Å². The van der Waals surface area contributed by atoms with Crippen LogP contribution in [0.15, 0.2) is 24.3 Å². The molecule has 0 aliphatic heterocycles. The molecule has 8 nitrogen and oxygen atoms in total. The number of nitrogens with zero attached hydrogens (tertiary/aromatic N) is 1. The number of allylic oxidation sites excluding steroid dienone is 3. The number of hydrogen-bond acceptors (Lipinski definition) is 5. The Hall–Kier alpha value is -1.02. The Morgan fingerprint density at radius 1 is 0.407 bits per heavy atom. The Morgan fingerprint density at radius 2 is 0.667 bits per heavy atom. The third-order valence-corrected chi connectivity index (χ3v) is 17.9. The summed E-state index contributed by atoms with van der Waals surface area (Å²) in [4.78, 5) is 23.4. The summed E-state index contributed by atoms with van der Waals surface area (Å²) in [5.41, 5.74) is 0. The van der Waals surface area contributed by atoms with Crippen molar-refractivity contribution in [3.05, 3.63) is 24.3 Å². The lowest BCUT2D eigenvalue weighted by molar-refractivity contribution is -0.870. The first kappa shape index (κ1) is 80.0. The molecule has 3 atom stereocenters. The molecule has 0 rings (SSSR count). The number of aliphatic hydroxyl groups excluding tert-OH is 1. The first-order valence-electron chi connectivity index (χ1n) is 36.2. The summed E-state index contributed by atoms with van der Waals surface area (Å²) < 4.78 is 23.8. The van der Waals surface area contributed by atoms with Crippen molar-refractivity contribution >= 4 is 13.7 Å². The average molecular weight is 1160 g/mol. The van der Waals surface area contributed by atoms with Crippen molar-refractivity contribution in [2.24, 2.45) is 0 Å². The molecular formula is C72H144N2O6P+. The number of likely N-dealkylation sites (N-methyl/N-ethyl adjacent to an activating group) is 1. The van der Waals surface area contributed by atoms with Crippen LogP contribution in [0.1, 0.15) is 380 Å². The van der Waals surface area contributed by atoms with Crippen molar-refractivity contribution in [3.63, 3.8) is 0 Å². The van der Waals surface area contributed by atoms with E-state index in [1.807, 2.05) is 27.2 Å². The fourth-order valence-electron chi connectivity index (χ4n) is 11.3. The van der Waals surface area contributed by atoms with Gasteiger partial charge in [0.2, 0.25) is 5.91 Å². The summed E-state index contributed by atoms with van der Waals surface area (Å²) in [6.45, 7) is 4.88. The molecule has 0 spiro atoms. The number of phosphoric ester groups is 1. The maximum atomic E-state index is 13.1. The Morgan fingerprint density at radius 3 is 0.951 bits per heavy atom. The summed E-state index contributed by atoms with van der Waals surface area (Å²) in [6, 6.07) is -0.845. The molecule has 0 saturated carbocycles. The van der Waals surface area contributed by atoms with Crippen molar-refractivity contribution in [2.75, 3.05) is 40.9 Å². The zero-order chi connectivity index (χ0) is 59.1. The van der Waals surface area contributed by atoms with E-state index >= 15 is 0 Å². The zero-order valence-electron chi connectivity index (χ0n) is 55.3. The fraction of sp³-hybridized carbons (Fsp3) is 0.931. The van der Waals surface area contributed by atoms with Gasteiger partial charge in [-0.1, -0.05) is 353 Å². The molecule has 3 unspecified atom stereocenters. The molecular weight excluding hydrogens is 1020 g/mol. The molecule has 0 radical (unpaired) electrons. The maximum Gasteiger partial charge on any atom is 0.472 e. The van der Waals surface area contributed by atoms with Gasteiger partial charge in [0.15, 0.2) is 0 Å². The predicted molar refractivity (Wildman–Crippen MR) is 355 cm³/mol. The van der Waals surface area contributed by atoms with E-state index in [9.17, 15) is 19.4 Å². The zero-order valence-corrected chi connectivity index (χ0v) is 56.2. The number of unbranched alkanes of at least 4 members (excludes halogenated alkanes) is 53. The highest BCUT2D eigenvalue weighted by Crippen LogP contribution is 2.43. The number of rotatable bonds is 68. The van der Waals surface area contributed by atoms with E-state index in [2.05, 4.69) is 31.3 Å². The quantitative estimate of drug-likeness (QED) is 0.0243. The van der Waals surface area contributed by atoms with Gasteiger partial charge in [0.25, 0.3) is 0 Å². The predicted octanol–water partition coefficient (Wildman–Crippen LogP) is 23.1. The van der Waals surface area contributed by atoms with Gasteiger partial charge in [-0.2, -0.15) is 0 Å². The monoisotopic (exact) mass is 1160 g/mol. The second-order valence-corrected chi connectivity index (χ2v) is 27.8. The molecule has 3 N–H and O–H groups in total. The highest BCUT2D eigenvalue weighted by molar-refractivity contribution is 7.47. The van der Waals surface area contributed by atoms with Crippen LogP contribution in [0, 0.1) is 0 Å². The first-order chi connectivity index (χ1) is 39.5. The van der Waals surface area contributed by atoms with Crippen molar-refractivity contribution in [1.29, 1.82) is 0 Å². The largest absolute Gasteiger partial charge is 0.472 e. The van der Waals surface area contributed by atoms with E-state index in [1.165, 1.54) is 327 Å². The van der Waals surface area contributed by atoms with Gasteiger partial charge in [0.1, 0.15) is 13.2 Å². The van der Waals surface area contributed by atoms with Crippen LogP contribution in [-0.2, 0) is 18.4 Å². The minimum Gasteiger partial charge on any atom is -0.387 e. The van der Waals surface area contributed by atoms with Crippen LogP contribution in [0.25, 0.3) is 0 Å². The molecule has 0 aliphatic carbocycles. The van der Waals surface area contributed by atoms with Crippen LogP contribution in [0.3, 0.4) is 0 Å². The lowest BCUT2D eigenvalue weighted by Crippen LogP contribution is -2.45. The molecule has 482 valence electrons. The van der Waals surface area contributed by atoms with Crippen LogP contribution in [0.2, 0.25) is 0 Å². The van der Waals surface area contributed by atoms with E-state index in [4.69, 9.17) is 9.05 Å². The molecule has 9 heteroatoms. The highest BCUT2D eigenvalue weighted by Gasteiger charge is 2.28. The Labute approximate surface area is 506 Å². The number of nitrogens with one attached hydrogen (secondary N) is 1. The third kappa shape index (κ3) is 66.4. The van der Waals surface area contributed by atoms with Crippen molar-refractivity contribution in [1.82, 2.24) is 5.32 Å². The summed E-state index contributed by atoms with van der Waals surface area (Å²) in [5, 5.41) is 14.0. The van der Waals surface area contributed by atoms with Gasteiger partial charge in [0, 0.05) is 6.42 Å². The summed E-state index contributed by atoms with van der Waals surface area (Å²) in [7, 11) is 1.59. The average Bonchev–Trinajstić information content (AvgIpc) is 3.43. The van der Waals surface area contributed by atoms with Crippen LogP contribution in [0.4, 0.5) is 0 Å². The van der Waals surface area contributed by atoms with Crippen molar-refractivity contribution in [2.45, 2.75) is 392 Å². The smallest absolute Gasteiger partial charge is 0.387 e. The molecule has 0 aromatic carbocycles. The van der Waals surface area contributed by atoms with Crippen LogP contribution in [0.5, 0.6) is 0 Å². The van der Waals surface area contributed by atoms with Crippen LogP contribution in [-0.4, -0.2) is 73.4 Å². The van der Waals surface area contributed by atoms with Gasteiger partial charge in [-0.05, 0) is 44.9 Å². The molecule has 1 amide bonds. The molecule has 81 heavy (non-hydrogen) atoms. The summed E-state index contributed by atoms with van der Waals surface area (Å²) in [5.74, 6) is -0.168. The fourth-order valence-corrected chi connectivity index (χ4v) is 12.0. The van der Waals surface area contributed by atoms with Crippen LogP contribution < -0.4 is 5.32 Å². The van der Waals surface area contributed by atoms with Gasteiger partial charge in [-0.15, -0.1) is 0 Å². The van der Waals surface area contributed by atoms with Gasteiger partial charge in [0.05, 0.1) is 39.9 Å². The van der Waals surface area contributed by atoms with E-state index < -0.39 is 20.0 Å². The van der Waals surface area contributed by atoms with E-state index in [1.54, 1.807) is 6.08 Å². The molecule has 0 aliphatic rings. The number of quaternary nitrogens is 1. The maximum absolute atomic E-state index is 13.1. The molecule has 0 aromatic heterocycles. The number of phosphoric acid groups is 1. The topological polar surface area (TPSA) is 105 Å². The van der Waals surface area contributed by atoms with E-state index in [0.717, 1.165) is 32.1 Å². The molecule has 0 heterocycles. The second kappa shape index (κ2) is 63.5. The van der Waals surface area contributed by atoms with E-state index in [0.29, 0.717) is 17.4 Å². The van der Waals surface area contributed by atoms with E-state index in [-0.39, 0.29) is 19.1 Å². The third-order valence-electron chi connectivity index (χ3n) is 16.9. The molecule has 0 bridgehead atoms. The highest BCUT2D eigenvalue weighted by atomic mass is 31.2.